The molecule has 2 rings (SSSR count). The third-order valence-electron chi connectivity index (χ3n) is 3.15. The SMILES string of the molecule is COCOc1ccc(CC(=O)c2ccc(OCOC)cc2)cc1. The van der Waals surface area contributed by atoms with Gasteiger partial charge in [-0.25, -0.2) is 0 Å². The van der Waals surface area contributed by atoms with Crippen LogP contribution in [0.3, 0.4) is 0 Å². The van der Waals surface area contributed by atoms with E-state index in [1.807, 2.05) is 24.3 Å². The highest BCUT2D eigenvalue weighted by Gasteiger charge is 2.08. The maximum absolute atomic E-state index is 12.3. The van der Waals surface area contributed by atoms with Crippen LogP contribution in [0.4, 0.5) is 0 Å². The van der Waals surface area contributed by atoms with Crippen LogP contribution >= 0.6 is 0 Å². The van der Waals surface area contributed by atoms with Gasteiger partial charge in [-0.05, 0) is 42.0 Å². The van der Waals surface area contributed by atoms with Crippen molar-refractivity contribution in [1.82, 2.24) is 0 Å². The molecule has 0 atom stereocenters. The van der Waals surface area contributed by atoms with E-state index >= 15 is 0 Å². The molecule has 0 saturated carbocycles. The first-order chi connectivity index (χ1) is 11.2. The van der Waals surface area contributed by atoms with Crippen molar-refractivity contribution in [2.45, 2.75) is 6.42 Å². The average Bonchev–Trinajstić information content (AvgIpc) is 2.59. The molecule has 2 aromatic rings. The highest BCUT2D eigenvalue weighted by atomic mass is 16.7. The minimum Gasteiger partial charge on any atom is -0.468 e. The van der Waals surface area contributed by atoms with E-state index in [9.17, 15) is 4.79 Å². The van der Waals surface area contributed by atoms with Crippen LogP contribution in [0.2, 0.25) is 0 Å². The lowest BCUT2D eigenvalue weighted by Gasteiger charge is -2.07. The second-order valence-electron chi connectivity index (χ2n) is 4.87. The maximum atomic E-state index is 12.3. The van der Waals surface area contributed by atoms with Gasteiger partial charge in [-0.1, -0.05) is 12.1 Å². The molecule has 0 spiro atoms. The number of hydrogen-bond donors (Lipinski definition) is 0. The number of rotatable bonds is 9. The van der Waals surface area contributed by atoms with E-state index in [1.165, 1.54) is 0 Å². The molecule has 0 N–H and O–H groups in total. The molecule has 0 bridgehead atoms. The van der Waals surface area contributed by atoms with Crippen LogP contribution in [0.25, 0.3) is 0 Å². The number of methoxy groups -OCH3 is 2. The number of benzene rings is 2. The summed E-state index contributed by atoms with van der Waals surface area (Å²) in [4.78, 5) is 12.3. The highest BCUT2D eigenvalue weighted by Crippen LogP contribution is 2.16. The summed E-state index contributed by atoms with van der Waals surface area (Å²) in [6, 6.07) is 14.4. The van der Waals surface area contributed by atoms with Gasteiger partial charge >= 0.3 is 0 Å². The molecule has 0 aliphatic carbocycles. The van der Waals surface area contributed by atoms with Gasteiger partial charge in [0, 0.05) is 26.2 Å². The van der Waals surface area contributed by atoms with Gasteiger partial charge in [-0.2, -0.15) is 0 Å². The fourth-order valence-electron chi connectivity index (χ4n) is 1.98. The molecular weight excluding hydrogens is 296 g/mol. The molecule has 5 nitrogen and oxygen atoms in total. The summed E-state index contributed by atoms with van der Waals surface area (Å²) < 4.78 is 20.3. The summed E-state index contributed by atoms with van der Waals surface area (Å²) in [6.45, 7) is 0.389. The van der Waals surface area contributed by atoms with Gasteiger partial charge in [0.2, 0.25) is 0 Å². The molecule has 0 unspecified atom stereocenters. The van der Waals surface area contributed by atoms with Crippen molar-refractivity contribution in [1.29, 1.82) is 0 Å². The zero-order valence-electron chi connectivity index (χ0n) is 13.3. The molecule has 0 aromatic heterocycles. The number of Topliss-reactive ketones (excluding diaryl/α,β-unsaturated/α-hetero) is 1. The third-order valence-corrected chi connectivity index (χ3v) is 3.15. The van der Waals surface area contributed by atoms with E-state index in [2.05, 4.69) is 0 Å². The van der Waals surface area contributed by atoms with Crippen molar-refractivity contribution in [3.63, 3.8) is 0 Å². The standard InChI is InChI=1S/C18H20O5/c1-20-12-22-16-7-3-14(4-8-16)11-18(19)15-5-9-17(10-6-15)23-13-21-2/h3-10H,11-13H2,1-2H3. The van der Waals surface area contributed by atoms with E-state index in [4.69, 9.17) is 18.9 Å². The van der Waals surface area contributed by atoms with Crippen molar-refractivity contribution in [3.8, 4) is 11.5 Å². The highest BCUT2D eigenvalue weighted by molar-refractivity contribution is 5.97. The van der Waals surface area contributed by atoms with E-state index < -0.39 is 0 Å². The summed E-state index contributed by atoms with van der Waals surface area (Å²) >= 11 is 0. The third kappa shape index (κ3) is 5.39. The Labute approximate surface area is 135 Å². The summed E-state index contributed by atoms with van der Waals surface area (Å²) in [7, 11) is 3.13. The maximum Gasteiger partial charge on any atom is 0.188 e. The van der Waals surface area contributed by atoms with Crippen molar-refractivity contribution in [3.05, 3.63) is 59.7 Å². The molecule has 0 aliphatic rings. The monoisotopic (exact) mass is 316 g/mol. The van der Waals surface area contributed by atoms with Crippen LogP contribution in [0.5, 0.6) is 11.5 Å². The molecule has 122 valence electrons. The molecule has 0 aliphatic heterocycles. The number of ether oxygens (including phenoxy) is 4. The molecule has 0 amide bonds. The van der Waals surface area contributed by atoms with Crippen molar-refractivity contribution < 1.29 is 23.7 Å². The first-order valence-electron chi connectivity index (χ1n) is 7.18. The Hall–Kier alpha value is -2.37. The van der Waals surface area contributed by atoms with Crippen molar-refractivity contribution >= 4 is 5.78 Å². The Morgan fingerprint density at radius 2 is 1.26 bits per heavy atom. The van der Waals surface area contributed by atoms with Crippen LogP contribution in [-0.2, 0) is 15.9 Å². The molecule has 0 saturated heterocycles. The molecule has 5 heteroatoms. The van der Waals surface area contributed by atoms with Crippen LogP contribution in [0.15, 0.2) is 48.5 Å². The summed E-state index contributed by atoms with van der Waals surface area (Å²) in [6.07, 6.45) is 0.336. The number of hydrogen-bond acceptors (Lipinski definition) is 5. The Balaban J connectivity index is 1.93. The predicted molar refractivity (Wildman–Crippen MR) is 85.9 cm³/mol. The molecule has 0 radical (unpaired) electrons. The Bertz CT molecular complexity index is 604. The van der Waals surface area contributed by atoms with Crippen LogP contribution < -0.4 is 9.47 Å². The quantitative estimate of drug-likeness (QED) is 0.525. The van der Waals surface area contributed by atoms with E-state index in [-0.39, 0.29) is 19.4 Å². The normalized spacial score (nSPS) is 10.3. The first-order valence-corrected chi connectivity index (χ1v) is 7.18. The number of ketones is 1. The van der Waals surface area contributed by atoms with Gasteiger partial charge in [-0.15, -0.1) is 0 Å². The lowest BCUT2D eigenvalue weighted by atomic mass is 10.0. The largest absolute Gasteiger partial charge is 0.468 e. The Morgan fingerprint density at radius 3 is 1.74 bits per heavy atom. The minimum absolute atomic E-state index is 0.0499. The van der Waals surface area contributed by atoms with Crippen molar-refractivity contribution in [2.75, 3.05) is 27.8 Å². The zero-order valence-corrected chi connectivity index (χ0v) is 13.3. The van der Waals surface area contributed by atoms with E-state index in [1.54, 1.807) is 38.5 Å². The zero-order chi connectivity index (χ0) is 16.5. The second kappa shape index (κ2) is 8.92. The molecule has 2 aromatic carbocycles. The summed E-state index contributed by atoms with van der Waals surface area (Å²) in [5.74, 6) is 1.43. The smallest absolute Gasteiger partial charge is 0.188 e. The Morgan fingerprint density at radius 1 is 0.783 bits per heavy atom. The predicted octanol–water partition coefficient (Wildman–Crippen LogP) is 3.08. The van der Waals surface area contributed by atoms with Gasteiger partial charge in [0.15, 0.2) is 19.4 Å². The Kier molecular flexibility index (Phi) is 6.59. The molecular formula is C18H20O5. The first kappa shape index (κ1) is 17.0. The summed E-state index contributed by atoms with van der Waals surface area (Å²) in [5.41, 5.74) is 1.58. The summed E-state index contributed by atoms with van der Waals surface area (Å²) in [5, 5.41) is 0. The van der Waals surface area contributed by atoms with Gasteiger partial charge < -0.3 is 18.9 Å². The fourth-order valence-corrected chi connectivity index (χ4v) is 1.98. The van der Waals surface area contributed by atoms with Crippen LogP contribution in [0.1, 0.15) is 15.9 Å². The van der Waals surface area contributed by atoms with Crippen molar-refractivity contribution in [2.24, 2.45) is 0 Å². The topological polar surface area (TPSA) is 54.0 Å². The van der Waals surface area contributed by atoms with E-state index in [0.717, 1.165) is 5.56 Å². The fraction of sp³-hybridized carbons (Fsp3) is 0.278. The molecule has 0 fully saturated rings. The average molecular weight is 316 g/mol. The number of carbonyl (C=O) groups excluding carboxylic acids is 1. The van der Waals surface area contributed by atoms with Gasteiger partial charge in [0.25, 0.3) is 0 Å². The van der Waals surface area contributed by atoms with Gasteiger partial charge in [0.1, 0.15) is 11.5 Å². The van der Waals surface area contributed by atoms with Crippen LogP contribution in [-0.4, -0.2) is 33.6 Å². The molecule has 0 heterocycles. The van der Waals surface area contributed by atoms with Crippen LogP contribution in [0, 0.1) is 0 Å². The molecule has 23 heavy (non-hydrogen) atoms. The minimum atomic E-state index is 0.0499. The lowest BCUT2D eigenvalue weighted by Crippen LogP contribution is -2.04. The van der Waals surface area contributed by atoms with Gasteiger partial charge in [0.05, 0.1) is 0 Å². The van der Waals surface area contributed by atoms with Gasteiger partial charge in [-0.3, -0.25) is 4.79 Å². The lowest BCUT2D eigenvalue weighted by molar-refractivity contribution is 0.0509. The van der Waals surface area contributed by atoms with E-state index in [0.29, 0.717) is 23.5 Å². The second-order valence-corrected chi connectivity index (χ2v) is 4.87. The number of carbonyl (C=O) groups is 1.